The highest BCUT2D eigenvalue weighted by atomic mass is 16.4. The molecule has 104 valence electrons. The number of carboxylic acid groups (broad SMARTS) is 1. The van der Waals surface area contributed by atoms with E-state index in [1.165, 1.54) is 0 Å². The van der Waals surface area contributed by atoms with Crippen LogP contribution in [0.1, 0.15) is 18.9 Å². The van der Waals surface area contributed by atoms with Crippen molar-refractivity contribution in [1.29, 1.82) is 0 Å². The van der Waals surface area contributed by atoms with Gasteiger partial charge in [-0.05, 0) is 41.2 Å². The van der Waals surface area contributed by atoms with Gasteiger partial charge in [-0.3, -0.25) is 4.79 Å². The van der Waals surface area contributed by atoms with E-state index in [0.717, 1.165) is 23.1 Å². The second-order valence-corrected chi connectivity index (χ2v) is 5.15. The van der Waals surface area contributed by atoms with Crippen molar-refractivity contribution in [2.45, 2.75) is 19.8 Å². The number of aliphatic carboxylic acids is 1. The van der Waals surface area contributed by atoms with E-state index in [2.05, 4.69) is 0 Å². The molecule has 0 fully saturated rings. The Bertz CT molecular complexity index is 570. The molecule has 0 aliphatic rings. The molecular formula is C17H18O3. The Hall–Kier alpha value is -2.29. The minimum Gasteiger partial charge on any atom is -0.508 e. The van der Waals surface area contributed by atoms with Gasteiger partial charge in [0.15, 0.2) is 0 Å². The SMILES string of the molecule is CC(CC(=O)O)Cc1ccc(-c2ccc(O)cc2)cc1. The Balaban J connectivity index is 2.06. The fraction of sp³-hybridized carbons (Fsp3) is 0.235. The molecule has 0 aliphatic heterocycles. The van der Waals surface area contributed by atoms with Crippen LogP contribution in [0.5, 0.6) is 5.75 Å². The first kappa shape index (κ1) is 14.1. The topological polar surface area (TPSA) is 57.5 Å². The Kier molecular flexibility index (Phi) is 4.41. The lowest BCUT2D eigenvalue weighted by atomic mass is 9.96. The van der Waals surface area contributed by atoms with Crippen molar-refractivity contribution in [3.8, 4) is 16.9 Å². The number of benzene rings is 2. The summed E-state index contributed by atoms with van der Waals surface area (Å²) in [6.45, 7) is 1.95. The first-order valence-corrected chi connectivity index (χ1v) is 6.65. The lowest BCUT2D eigenvalue weighted by molar-refractivity contribution is -0.137. The van der Waals surface area contributed by atoms with Gasteiger partial charge < -0.3 is 10.2 Å². The Morgan fingerprint density at radius 2 is 1.50 bits per heavy atom. The van der Waals surface area contributed by atoms with Crippen LogP contribution >= 0.6 is 0 Å². The molecule has 2 rings (SSSR count). The van der Waals surface area contributed by atoms with Crippen LogP contribution in [-0.2, 0) is 11.2 Å². The molecule has 0 amide bonds. The van der Waals surface area contributed by atoms with Gasteiger partial charge in [0.05, 0.1) is 0 Å². The predicted octanol–water partition coefficient (Wildman–Crippen LogP) is 3.71. The Morgan fingerprint density at radius 1 is 1.00 bits per heavy atom. The molecule has 2 aromatic carbocycles. The number of rotatable bonds is 5. The molecule has 2 N–H and O–H groups in total. The minimum atomic E-state index is -0.752. The van der Waals surface area contributed by atoms with Crippen molar-refractivity contribution in [3.05, 3.63) is 54.1 Å². The number of carbonyl (C=O) groups is 1. The lowest BCUT2D eigenvalue weighted by Crippen LogP contribution is -2.06. The zero-order valence-electron chi connectivity index (χ0n) is 11.4. The third kappa shape index (κ3) is 3.85. The van der Waals surface area contributed by atoms with Crippen molar-refractivity contribution in [3.63, 3.8) is 0 Å². The molecule has 20 heavy (non-hydrogen) atoms. The third-order valence-electron chi connectivity index (χ3n) is 3.26. The van der Waals surface area contributed by atoms with E-state index in [0.29, 0.717) is 0 Å². The molecular weight excluding hydrogens is 252 g/mol. The smallest absolute Gasteiger partial charge is 0.303 e. The highest BCUT2D eigenvalue weighted by Gasteiger charge is 2.08. The maximum atomic E-state index is 10.6. The highest BCUT2D eigenvalue weighted by molar-refractivity contribution is 5.67. The average molecular weight is 270 g/mol. The van der Waals surface area contributed by atoms with Gasteiger partial charge in [0.25, 0.3) is 0 Å². The van der Waals surface area contributed by atoms with Gasteiger partial charge in [0.2, 0.25) is 0 Å². The van der Waals surface area contributed by atoms with Gasteiger partial charge in [-0.25, -0.2) is 0 Å². The molecule has 0 radical (unpaired) electrons. The summed E-state index contributed by atoms with van der Waals surface area (Å²) in [6, 6.07) is 15.2. The van der Waals surface area contributed by atoms with Crippen LogP contribution in [0, 0.1) is 5.92 Å². The van der Waals surface area contributed by atoms with Crippen LogP contribution in [-0.4, -0.2) is 16.2 Å². The molecule has 0 spiro atoms. The zero-order chi connectivity index (χ0) is 14.5. The molecule has 1 atom stereocenters. The van der Waals surface area contributed by atoms with Crippen LogP contribution < -0.4 is 0 Å². The summed E-state index contributed by atoms with van der Waals surface area (Å²) < 4.78 is 0. The number of phenols is 1. The maximum Gasteiger partial charge on any atom is 0.303 e. The molecule has 3 heteroatoms. The number of aromatic hydroxyl groups is 1. The molecule has 0 heterocycles. The Labute approximate surface area is 118 Å². The summed E-state index contributed by atoms with van der Waals surface area (Å²) in [5.74, 6) is -0.363. The van der Waals surface area contributed by atoms with Crippen LogP contribution in [0.4, 0.5) is 0 Å². The van der Waals surface area contributed by atoms with Crippen molar-refractivity contribution < 1.29 is 15.0 Å². The maximum absolute atomic E-state index is 10.6. The summed E-state index contributed by atoms with van der Waals surface area (Å²) in [5, 5.41) is 18.0. The largest absolute Gasteiger partial charge is 0.508 e. The molecule has 1 unspecified atom stereocenters. The average Bonchev–Trinajstić information content (AvgIpc) is 2.39. The van der Waals surface area contributed by atoms with E-state index < -0.39 is 5.97 Å². The molecule has 0 saturated carbocycles. The summed E-state index contributed by atoms with van der Waals surface area (Å²) in [4.78, 5) is 10.6. The molecule has 0 bridgehead atoms. The third-order valence-corrected chi connectivity index (χ3v) is 3.26. The normalized spacial score (nSPS) is 12.1. The minimum absolute atomic E-state index is 0.132. The highest BCUT2D eigenvalue weighted by Crippen LogP contribution is 2.23. The molecule has 3 nitrogen and oxygen atoms in total. The first-order valence-electron chi connectivity index (χ1n) is 6.65. The standard InChI is InChI=1S/C17H18O3/c1-12(11-17(19)20)10-13-2-4-14(5-3-13)15-6-8-16(18)9-7-15/h2-9,12,18H,10-11H2,1H3,(H,19,20). The number of hydrogen-bond donors (Lipinski definition) is 2. The van der Waals surface area contributed by atoms with Gasteiger partial charge in [-0.2, -0.15) is 0 Å². The molecule has 2 aromatic rings. The van der Waals surface area contributed by atoms with Crippen LogP contribution in [0.25, 0.3) is 11.1 Å². The summed E-state index contributed by atoms with van der Waals surface area (Å²) in [7, 11) is 0. The Morgan fingerprint density at radius 3 is 2.00 bits per heavy atom. The zero-order valence-corrected chi connectivity index (χ0v) is 11.4. The van der Waals surface area contributed by atoms with Crippen molar-refractivity contribution in [2.75, 3.05) is 0 Å². The second-order valence-electron chi connectivity index (χ2n) is 5.15. The molecule has 0 aliphatic carbocycles. The number of carboxylic acids is 1. The van der Waals surface area contributed by atoms with Gasteiger partial charge in [0.1, 0.15) is 5.75 Å². The van der Waals surface area contributed by atoms with Crippen LogP contribution in [0.3, 0.4) is 0 Å². The van der Waals surface area contributed by atoms with E-state index in [1.54, 1.807) is 12.1 Å². The van der Waals surface area contributed by atoms with E-state index >= 15 is 0 Å². The van der Waals surface area contributed by atoms with E-state index in [4.69, 9.17) is 5.11 Å². The predicted molar refractivity (Wildman–Crippen MR) is 78.7 cm³/mol. The summed E-state index contributed by atoms with van der Waals surface area (Å²) >= 11 is 0. The van der Waals surface area contributed by atoms with Crippen molar-refractivity contribution in [1.82, 2.24) is 0 Å². The van der Waals surface area contributed by atoms with E-state index in [9.17, 15) is 9.90 Å². The number of hydrogen-bond acceptors (Lipinski definition) is 2. The van der Waals surface area contributed by atoms with Gasteiger partial charge in [0, 0.05) is 6.42 Å². The number of phenolic OH excluding ortho intramolecular Hbond substituents is 1. The van der Waals surface area contributed by atoms with Gasteiger partial charge >= 0.3 is 5.97 Å². The van der Waals surface area contributed by atoms with Crippen molar-refractivity contribution in [2.24, 2.45) is 5.92 Å². The lowest BCUT2D eigenvalue weighted by Gasteiger charge is -2.09. The summed E-state index contributed by atoms with van der Waals surface area (Å²) in [6.07, 6.45) is 0.960. The fourth-order valence-corrected chi connectivity index (χ4v) is 2.26. The quantitative estimate of drug-likeness (QED) is 0.870. The second kappa shape index (κ2) is 6.24. The van der Waals surface area contributed by atoms with Crippen LogP contribution in [0.2, 0.25) is 0 Å². The molecule has 0 aromatic heterocycles. The summed E-state index contributed by atoms with van der Waals surface area (Å²) in [5.41, 5.74) is 3.27. The van der Waals surface area contributed by atoms with Crippen molar-refractivity contribution >= 4 is 5.97 Å². The molecule has 0 saturated heterocycles. The van der Waals surface area contributed by atoms with Crippen LogP contribution in [0.15, 0.2) is 48.5 Å². The van der Waals surface area contributed by atoms with E-state index in [-0.39, 0.29) is 18.1 Å². The first-order chi connectivity index (χ1) is 9.54. The van der Waals surface area contributed by atoms with Gasteiger partial charge in [-0.15, -0.1) is 0 Å². The van der Waals surface area contributed by atoms with Gasteiger partial charge in [-0.1, -0.05) is 43.3 Å². The monoisotopic (exact) mass is 270 g/mol. The fourth-order valence-electron chi connectivity index (χ4n) is 2.26. The van der Waals surface area contributed by atoms with E-state index in [1.807, 2.05) is 43.3 Å².